The molecule has 4 nitrogen and oxygen atoms in total. The molecule has 2 heterocycles. The average molecular weight is 301 g/mol. The number of carbonyl (C=O) groups excluding carboxylic acids is 1. The predicted octanol–water partition coefficient (Wildman–Crippen LogP) is 2.46. The van der Waals surface area contributed by atoms with Gasteiger partial charge in [-0.05, 0) is 22.0 Å². The maximum absolute atomic E-state index is 12.1. The summed E-state index contributed by atoms with van der Waals surface area (Å²) >= 11 is 9.15. The zero-order valence-electron chi connectivity index (χ0n) is 8.32. The van der Waals surface area contributed by atoms with Crippen LogP contribution in [0.2, 0.25) is 5.02 Å². The monoisotopic (exact) mass is 299 g/mol. The van der Waals surface area contributed by atoms with Gasteiger partial charge in [0, 0.05) is 29.5 Å². The number of rotatable bonds is 2. The van der Waals surface area contributed by atoms with Crippen LogP contribution in [0.4, 0.5) is 0 Å². The summed E-state index contributed by atoms with van der Waals surface area (Å²) in [6, 6.07) is 1.69. The Morgan fingerprint density at radius 2 is 2.19 bits per heavy atom. The molecule has 0 aliphatic rings. The van der Waals surface area contributed by atoms with Crippen LogP contribution >= 0.6 is 27.5 Å². The number of pyridine rings is 1. The Labute approximate surface area is 105 Å². The van der Waals surface area contributed by atoms with Gasteiger partial charge in [0.1, 0.15) is 5.69 Å². The molecule has 2 aromatic heterocycles. The van der Waals surface area contributed by atoms with Crippen LogP contribution < -0.4 is 0 Å². The van der Waals surface area contributed by atoms with Crippen molar-refractivity contribution in [2.45, 2.75) is 0 Å². The first kappa shape index (κ1) is 11.3. The Morgan fingerprint density at radius 1 is 1.44 bits per heavy atom. The lowest BCUT2D eigenvalue weighted by atomic mass is 10.1. The Hall–Kier alpha value is -1.20. The van der Waals surface area contributed by atoms with E-state index in [0.29, 0.717) is 16.3 Å². The first-order chi connectivity index (χ1) is 7.59. The highest BCUT2D eigenvalue weighted by Crippen LogP contribution is 2.19. The molecule has 82 valence electrons. The van der Waals surface area contributed by atoms with Crippen molar-refractivity contribution in [3.63, 3.8) is 0 Å². The molecule has 6 heteroatoms. The highest BCUT2D eigenvalue weighted by atomic mass is 79.9. The molecule has 0 bridgehead atoms. The van der Waals surface area contributed by atoms with Gasteiger partial charge in [0.2, 0.25) is 5.78 Å². The SMILES string of the molecule is Cn1ncc(Cl)c1C(=O)c1cncc(Br)c1. The third kappa shape index (κ3) is 2.01. The van der Waals surface area contributed by atoms with Crippen LogP contribution in [0.3, 0.4) is 0 Å². The molecule has 0 amide bonds. The summed E-state index contributed by atoms with van der Waals surface area (Å²) in [5.41, 5.74) is 0.835. The molecule has 0 unspecified atom stereocenters. The number of nitrogens with zero attached hydrogens (tertiary/aromatic N) is 3. The van der Waals surface area contributed by atoms with Crippen LogP contribution in [0.1, 0.15) is 16.1 Å². The standard InChI is InChI=1S/C10H7BrClN3O/c1-15-9(8(12)5-14-15)10(16)6-2-7(11)4-13-3-6/h2-5H,1H3. The highest BCUT2D eigenvalue weighted by molar-refractivity contribution is 9.10. The largest absolute Gasteiger partial charge is 0.287 e. The van der Waals surface area contributed by atoms with E-state index in [1.807, 2.05) is 0 Å². The topological polar surface area (TPSA) is 47.8 Å². The van der Waals surface area contributed by atoms with Crippen molar-refractivity contribution in [1.82, 2.24) is 14.8 Å². The van der Waals surface area contributed by atoms with Crippen molar-refractivity contribution in [2.75, 3.05) is 0 Å². The molecule has 2 aromatic rings. The van der Waals surface area contributed by atoms with Gasteiger partial charge in [0.05, 0.1) is 11.2 Å². The lowest BCUT2D eigenvalue weighted by molar-refractivity contribution is 0.103. The van der Waals surface area contributed by atoms with Crippen LogP contribution in [0.15, 0.2) is 29.1 Å². The van der Waals surface area contributed by atoms with Crippen molar-refractivity contribution in [3.05, 3.63) is 45.4 Å². The van der Waals surface area contributed by atoms with Crippen LogP contribution in [-0.2, 0) is 7.05 Å². The Bertz CT molecular complexity index is 533. The summed E-state index contributed by atoms with van der Waals surface area (Å²) in [5, 5.41) is 4.26. The van der Waals surface area contributed by atoms with Crippen molar-refractivity contribution >= 4 is 33.3 Å². The van der Waals surface area contributed by atoms with Crippen LogP contribution in [0.25, 0.3) is 0 Å². The Balaban J connectivity index is 2.47. The van der Waals surface area contributed by atoms with Gasteiger partial charge in [0.25, 0.3) is 0 Å². The van der Waals surface area contributed by atoms with Crippen molar-refractivity contribution in [1.29, 1.82) is 0 Å². The number of hydrogen-bond acceptors (Lipinski definition) is 3. The summed E-state index contributed by atoms with van der Waals surface area (Å²) in [4.78, 5) is 16.0. The van der Waals surface area contributed by atoms with Gasteiger partial charge < -0.3 is 0 Å². The third-order valence-electron chi connectivity index (χ3n) is 2.08. The van der Waals surface area contributed by atoms with Gasteiger partial charge in [-0.15, -0.1) is 0 Å². The zero-order chi connectivity index (χ0) is 11.7. The Morgan fingerprint density at radius 3 is 2.75 bits per heavy atom. The maximum Gasteiger partial charge on any atom is 0.214 e. The predicted molar refractivity (Wildman–Crippen MR) is 63.6 cm³/mol. The number of aromatic nitrogens is 3. The van der Waals surface area contributed by atoms with E-state index in [2.05, 4.69) is 26.0 Å². The molecular formula is C10H7BrClN3O. The van der Waals surface area contributed by atoms with E-state index >= 15 is 0 Å². The number of halogens is 2. The van der Waals surface area contributed by atoms with Crippen LogP contribution in [-0.4, -0.2) is 20.5 Å². The normalized spacial score (nSPS) is 10.4. The van der Waals surface area contributed by atoms with Gasteiger partial charge in [-0.1, -0.05) is 11.6 Å². The minimum absolute atomic E-state index is 0.196. The molecule has 0 saturated carbocycles. The van der Waals surface area contributed by atoms with Gasteiger partial charge in [-0.2, -0.15) is 5.10 Å². The second-order valence-corrected chi connectivity index (χ2v) is 4.51. The molecule has 0 aliphatic carbocycles. The van der Waals surface area contributed by atoms with E-state index in [0.717, 1.165) is 4.47 Å². The van der Waals surface area contributed by atoms with E-state index in [1.165, 1.54) is 17.1 Å². The molecule has 0 saturated heterocycles. The Kier molecular flexibility index (Phi) is 3.07. The van der Waals surface area contributed by atoms with Crippen LogP contribution in [0.5, 0.6) is 0 Å². The molecular weight excluding hydrogens is 293 g/mol. The molecule has 0 atom stereocenters. The first-order valence-electron chi connectivity index (χ1n) is 4.42. The summed E-state index contributed by atoms with van der Waals surface area (Å²) < 4.78 is 2.20. The van der Waals surface area contributed by atoms with Gasteiger partial charge in [0.15, 0.2) is 0 Å². The second-order valence-electron chi connectivity index (χ2n) is 3.19. The molecule has 0 aliphatic heterocycles. The quantitative estimate of drug-likeness (QED) is 0.801. The van der Waals surface area contributed by atoms with Crippen molar-refractivity contribution in [2.24, 2.45) is 7.05 Å². The van der Waals surface area contributed by atoms with Gasteiger partial charge >= 0.3 is 0 Å². The fraction of sp³-hybridized carbons (Fsp3) is 0.100. The number of carbonyl (C=O) groups is 1. The maximum atomic E-state index is 12.1. The third-order valence-corrected chi connectivity index (χ3v) is 2.79. The molecule has 0 aromatic carbocycles. The molecule has 2 rings (SSSR count). The lowest BCUT2D eigenvalue weighted by Gasteiger charge is -2.02. The minimum Gasteiger partial charge on any atom is -0.287 e. The molecule has 0 fully saturated rings. The van der Waals surface area contributed by atoms with Crippen molar-refractivity contribution < 1.29 is 4.79 Å². The molecule has 0 radical (unpaired) electrons. The molecule has 0 N–H and O–H groups in total. The lowest BCUT2D eigenvalue weighted by Crippen LogP contribution is -2.09. The summed E-state index contributed by atoms with van der Waals surface area (Å²) in [6.45, 7) is 0. The number of hydrogen-bond donors (Lipinski definition) is 0. The first-order valence-corrected chi connectivity index (χ1v) is 5.59. The van der Waals surface area contributed by atoms with E-state index in [4.69, 9.17) is 11.6 Å². The van der Waals surface area contributed by atoms with Crippen LogP contribution in [0, 0.1) is 0 Å². The van der Waals surface area contributed by atoms with E-state index in [9.17, 15) is 4.79 Å². The average Bonchev–Trinajstić information content (AvgIpc) is 2.58. The molecule has 0 spiro atoms. The summed E-state index contributed by atoms with van der Waals surface area (Å²) in [6.07, 6.45) is 4.55. The van der Waals surface area contributed by atoms with E-state index < -0.39 is 0 Å². The van der Waals surface area contributed by atoms with E-state index in [1.54, 1.807) is 19.3 Å². The smallest absolute Gasteiger partial charge is 0.214 e. The van der Waals surface area contributed by atoms with Crippen molar-refractivity contribution in [3.8, 4) is 0 Å². The van der Waals surface area contributed by atoms with E-state index in [-0.39, 0.29) is 5.78 Å². The summed E-state index contributed by atoms with van der Waals surface area (Å²) in [7, 11) is 1.67. The number of ketones is 1. The zero-order valence-corrected chi connectivity index (χ0v) is 10.7. The fourth-order valence-corrected chi connectivity index (χ4v) is 1.96. The second kappa shape index (κ2) is 4.35. The van der Waals surface area contributed by atoms with Gasteiger partial charge in [-0.3, -0.25) is 14.5 Å². The fourth-order valence-electron chi connectivity index (χ4n) is 1.34. The minimum atomic E-state index is -0.196. The highest BCUT2D eigenvalue weighted by Gasteiger charge is 2.17. The number of aryl methyl sites for hydroxylation is 1. The van der Waals surface area contributed by atoms with Gasteiger partial charge in [-0.25, -0.2) is 0 Å². The summed E-state index contributed by atoms with van der Waals surface area (Å²) in [5.74, 6) is -0.196. The molecule has 16 heavy (non-hydrogen) atoms.